The van der Waals surface area contributed by atoms with Crippen molar-refractivity contribution in [2.75, 3.05) is 18.6 Å². The molecule has 2 rings (SSSR count). The molecule has 0 aromatic heterocycles. The van der Waals surface area contributed by atoms with Gasteiger partial charge in [-0.25, -0.2) is 0 Å². The monoisotopic (exact) mass is 297 g/mol. The van der Waals surface area contributed by atoms with Crippen molar-refractivity contribution in [3.05, 3.63) is 22.7 Å². The second-order valence-corrected chi connectivity index (χ2v) is 4.74. The van der Waals surface area contributed by atoms with E-state index in [4.69, 9.17) is 4.74 Å². The Morgan fingerprint density at radius 2 is 2.12 bits per heavy atom. The first-order valence-corrected chi connectivity index (χ1v) is 6.06. The lowest BCUT2D eigenvalue weighted by Gasteiger charge is -2.27. The summed E-state index contributed by atoms with van der Waals surface area (Å²) >= 11 is 3.36. The number of benzene rings is 1. The fraction of sp³-hybridized carbons (Fsp3) is 0.333. The Kier molecular flexibility index (Phi) is 3.47. The first kappa shape index (κ1) is 12.1. The van der Waals surface area contributed by atoms with Crippen molar-refractivity contribution in [1.29, 1.82) is 0 Å². The normalized spacial score (nSPS) is 16.2. The van der Waals surface area contributed by atoms with E-state index in [2.05, 4.69) is 15.9 Å². The molecular formula is C12H12BrNO3. The summed E-state index contributed by atoms with van der Waals surface area (Å²) in [7, 11) is 1.56. The molecule has 0 bridgehead atoms. The average Bonchev–Trinajstić information content (AvgIpc) is 2.29. The predicted octanol–water partition coefficient (Wildman–Crippen LogP) is 2.15. The van der Waals surface area contributed by atoms with E-state index >= 15 is 0 Å². The van der Waals surface area contributed by atoms with E-state index in [0.717, 1.165) is 4.47 Å². The molecule has 90 valence electrons. The predicted molar refractivity (Wildman–Crippen MR) is 67.3 cm³/mol. The number of ether oxygens (including phenoxy) is 1. The molecule has 0 aliphatic carbocycles. The summed E-state index contributed by atoms with van der Waals surface area (Å²) in [5.41, 5.74) is 0.708. The molecule has 17 heavy (non-hydrogen) atoms. The van der Waals surface area contributed by atoms with Crippen molar-refractivity contribution in [3.63, 3.8) is 0 Å². The van der Waals surface area contributed by atoms with Gasteiger partial charge in [0, 0.05) is 17.4 Å². The van der Waals surface area contributed by atoms with Crippen LogP contribution in [0.15, 0.2) is 22.7 Å². The third-order valence-corrected chi connectivity index (χ3v) is 3.19. The van der Waals surface area contributed by atoms with Gasteiger partial charge in [-0.2, -0.15) is 0 Å². The first-order valence-electron chi connectivity index (χ1n) is 5.27. The highest BCUT2D eigenvalue weighted by Crippen LogP contribution is 2.33. The summed E-state index contributed by atoms with van der Waals surface area (Å²) in [5.74, 6) is 0.466. The van der Waals surface area contributed by atoms with Crippen LogP contribution in [0.2, 0.25) is 0 Å². The number of halogens is 1. The van der Waals surface area contributed by atoms with Crippen LogP contribution < -0.4 is 9.64 Å². The van der Waals surface area contributed by atoms with Gasteiger partial charge in [0.05, 0.1) is 19.2 Å². The third-order valence-electron chi connectivity index (χ3n) is 2.70. The van der Waals surface area contributed by atoms with Crippen molar-refractivity contribution in [1.82, 2.24) is 0 Å². The summed E-state index contributed by atoms with van der Waals surface area (Å²) in [6, 6.07) is 5.47. The number of hydrogen-bond donors (Lipinski definition) is 0. The van der Waals surface area contributed by atoms with E-state index in [-0.39, 0.29) is 18.1 Å². The van der Waals surface area contributed by atoms with Crippen LogP contribution in [0.3, 0.4) is 0 Å². The minimum Gasteiger partial charge on any atom is -0.495 e. The lowest BCUT2D eigenvalue weighted by Crippen LogP contribution is -2.39. The Labute approximate surface area is 108 Å². The second-order valence-electron chi connectivity index (χ2n) is 3.83. The second kappa shape index (κ2) is 4.87. The van der Waals surface area contributed by atoms with E-state index in [1.54, 1.807) is 18.1 Å². The van der Waals surface area contributed by atoms with E-state index in [9.17, 15) is 9.59 Å². The van der Waals surface area contributed by atoms with Gasteiger partial charge in [-0.3, -0.25) is 9.59 Å². The highest BCUT2D eigenvalue weighted by Gasteiger charge is 2.26. The minimum absolute atomic E-state index is 0.000198. The zero-order valence-corrected chi connectivity index (χ0v) is 11.0. The quantitative estimate of drug-likeness (QED) is 0.786. The number of amides is 1. The molecule has 1 aliphatic heterocycles. The van der Waals surface area contributed by atoms with Crippen LogP contribution >= 0.6 is 15.9 Å². The number of carbonyl (C=O) groups excluding carboxylic acids is 2. The van der Waals surface area contributed by atoms with Gasteiger partial charge in [-0.15, -0.1) is 0 Å². The zero-order chi connectivity index (χ0) is 12.4. The lowest BCUT2D eigenvalue weighted by molar-refractivity contribution is -0.128. The van der Waals surface area contributed by atoms with Crippen molar-refractivity contribution in [3.8, 4) is 5.75 Å². The molecule has 0 N–H and O–H groups in total. The maximum absolute atomic E-state index is 11.8. The van der Waals surface area contributed by atoms with E-state index in [0.29, 0.717) is 24.4 Å². The largest absolute Gasteiger partial charge is 0.495 e. The van der Waals surface area contributed by atoms with Crippen LogP contribution in [0.5, 0.6) is 5.75 Å². The fourth-order valence-electron chi connectivity index (χ4n) is 1.84. The molecule has 5 heteroatoms. The highest BCUT2D eigenvalue weighted by atomic mass is 79.9. The Morgan fingerprint density at radius 3 is 2.76 bits per heavy atom. The van der Waals surface area contributed by atoms with E-state index < -0.39 is 0 Å². The number of ketones is 1. The summed E-state index contributed by atoms with van der Waals surface area (Å²) in [6.45, 7) is 0.421. The highest BCUT2D eigenvalue weighted by molar-refractivity contribution is 9.10. The van der Waals surface area contributed by atoms with Gasteiger partial charge < -0.3 is 9.64 Å². The van der Waals surface area contributed by atoms with Gasteiger partial charge >= 0.3 is 0 Å². The SMILES string of the molecule is COc1ccc(Br)cc1N1CCC(=O)CC1=O. The van der Waals surface area contributed by atoms with Crippen molar-refractivity contribution < 1.29 is 14.3 Å². The van der Waals surface area contributed by atoms with Gasteiger partial charge in [0.15, 0.2) is 0 Å². The Hall–Kier alpha value is -1.36. The third kappa shape index (κ3) is 2.49. The molecule has 0 radical (unpaired) electrons. The molecule has 4 nitrogen and oxygen atoms in total. The molecule has 0 saturated carbocycles. The van der Waals surface area contributed by atoms with Gasteiger partial charge in [-0.1, -0.05) is 15.9 Å². The van der Waals surface area contributed by atoms with E-state index in [1.165, 1.54) is 0 Å². The number of methoxy groups -OCH3 is 1. The Bertz CT molecular complexity index is 473. The van der Waals surface area contributed by atoms with Crippen molar-refractivity contribution in [2.45, 2.75) is 12.8 Å². The molecule has 0 atom stereocenters. The molecule has 1 saturated heterocycles. The smallest absolute Gasteiger partial charge is 0.234 e. The number of hydrogen-bond acceptors (Lipinski definition) is 3. The maximum Gasteiger partial charge on any atom is 0.234 e. The summed E-state index contributed by atoms with van der Waals surface area (Å²) in [6.07, 6.45) is 0.386. The van der Waals surface area contributed by atoms with Crippen LogP contribution in [0.25, 0.3) is 0 Å². The fourth-order valence-corrected chi connectivity index (χ4v) is 2.19. The summed E-state index contributed by atoms with van der Waals surface area (Å²) < 4.78 is 6.10. The van der Waals surface area contributed by atoms with Gasteiger partial charge in [0.2, 0.25) is 5.91 Å². The average molecular weight is 298 g/mol. The molecule has 1 amide bonds. The lowest BCUT2D eigenvalue weighted by atomic mass is 10.1. The van der Waals surface area contributed by atoms with Crippen LogP contribution in [0, 0.1) is 0 Å². The maximum atomic E-state index is 11.8. The topological polar surface area (TPSA) is 46.6 Å². The van der Waals surface area contributed by atoms with Gasteiger partial charge in [-0.05, 0) is 18.2 Å². The van der Waals surface area contributed by atoms with Crippen LogP contribution in [-0.4, -0.2) is 25.3 Å². The van der Waals surface area contributed by atoms with Crippen molar-refractivity contribution >= 4 is 33.3 Å². The van der Waals surface area contributed by atoms with Gasteiger partial charge in [0.1, 0.15) is 11.5 Å². The van der Waals surface area contributed by atoms with Gasteiger partial charge in [0.25, 0.3) is 0 Å². The van der Waals surface area contributed by atoms with Crippen molar-refractivity contribution in [2.24, 2.45) is 0 Å². The summed E-state index contributed by atoms with van der Waals surface area (Å²) in [4.78, 5) is 24.6. The number of anilines is 1. The van der Waals surface area contributed by atoms with E-state index in [1.807, 2.05) is 12.1 Å². The number of Topliss-reactive ketones (excluding diaryl/α,β-unsaturated/α-hetero) is 1. The molecule has 0 spiro atoms. The Balaban J connectivity index is 2.35. The van der Waals surface area contributed by atoms with Crippen LogP contribution in [0.1, 0.15) is 12.8 Å². The van der Waals surface area contributed by atoms with Crippen LogP contribution in [-0.2, 0) is 9.59 Å². The number of nitrogens with zero attached hydrogens (tertiary/aromatic N) is 1. The molecule has 1 heterocycles. The van der Waals surface area contributed by atoms with Crippen LogP contribution in [0.4, 0.5) is 5.69 Å². The molecule has 1 aliphatic rings. The molecular weight excluding hydrogens is 286 g/mol. The zero-order valence-electron chi connectivity index (χ0n) is 9.40. The number of carbonyl (C=O) groups is 2. The molecule has 1 fully saturated rings. The molecule has 1 aromatic carbocycles. The standard InChI is InChI=1S/C12H12BrNO3/c1-17-11-3-2-8(13)6-10(11)14-5-4-9(15)7-12(14)16/h2-3,6H,4-5,7H2,1H3. The summed E-state index contributed by atoms with van der Waals surface area (Å²) in [5, 5.41) is 0. The first-order chi connectivity index (χ1) is 8.11. The minimum atomic E-state index is -0.169. The molecule has 0 unspecified atom stereocenters. The molecule has 1 aromatic rings. The number of rotatable bonds is 2. The Morgan fingerprint density at radius 1 is 1.35 bits per heavy atom. The number of piperidine rings is 1.